The van der Waals surface area contributed by atoms with E-state index >= 15 is 0 Å². The van der Waals surface area contributed by atoms with Gasteiger partial charge in [0.15, 0.2) is 0 Å². The summed E-state index contributed by atoms with van der Waals surface area (Å²) in [5, 5.41) is 13.5. The molecule has 0 saturated carbocycles. The summed E-state index contributed by atoms with van der Waals surface area (Å²) in [4.78, 5) is 25.4. The molecule has 0 aliphatic carbocycles. The fourth-order valence-electron chi connectivity index (χ4n) is 3.46. The maximum Gasteiger partial charge on any atom is 0.303 e. The van der Waals surface area contributed by atoms with Gasteiger partial charge in [-0.2, -0.15) is 16.9 Å². The molecule has 1 aliphatic heterocycles. The zero-order chi connectivity index (χ0) is 19.6. The second-order valence-corrected chi connectivity index (χ2v) is 8.09. The second-order valence-electron chi connectivity index (χ2n) is 6.94. The van der Waals surface area contributed by atoms with E-state index in [1.807, 2.05) is 66.5 Å². The second kappa shape index (κ2) is 8.17. The molecular formula is C20H25N3O3S. The molecule has 1 saturated heterocycles. The Morgan fingerprint density at radius 2 is 2.00 bits per heavy atom. The Morgan fingerprint density at radius 3 is 2.59 bits per heavy atom. The number of benzene rings is 1. The molecule has 1 unspecified atom stereocenters. The van der Waals surface area contributed by atoms with Gasteiger partial charge in [-0.3, -0.25) is 9.59 Å². The number of carbonyl (C=O) groups is 2. The zero-order valence-electron chi connectivity index (χ0n) is 15.9. The van der Waals surface area contributed by atoms with Crippen LogP contribution in [0.5, 0.6) is 0 Å². The standard InChI is InChI=1S/C20H25N3O3S/c1-13-18(8-9-19(24)25)14(2)23(21-13)16-6-4-15(5-7-16)20(26)22(3)17-10-11-27-12-17/h4-7,17H,8-12H2,1-3H3,(H,24,25). The van der Waals surface area contributed by atoms with Crippen LogP contribution >= 0.6 is 11.8 Å². The molecule has 3 rings (SSSR count). The van der Waals surface area contributed by atoms with Crippen molar-refractivity contribution in [1.29, 1.82) is 0 Å². The van der Waals surface area contributed by atoms with E-state index in [-0.39, 0.29) is 12.3 Å². The van der Waals surface area contributed by atoms with Crippen molar-refractivity contribution in [2.45, 2.75) is 39.2 Å². The molecular weight excluding hydrogens is 362 g/mol. The highest BCUT2D eigenvalue weighted by Crippen LogP contribution is 2.24. The molecule has 0 spiro atoms. The molecule has 7 heteroatoms. The Morgan fingerprint density at radius 1 is 1.30 bits per heavy atom. The molecule has 2 aromatic rings. The number of carboxylic acid groups (broad SMARTS) is 1. The third kappa shape index (κ3) is 4.18. The summed E-state index contributed by atoms with van der Waals surface area (Å²) < 4.78 is 1.82. The van der Waals surface area contributed by atoms with Crippen molar-refractivity contribution in [2.75, 3.05) is 18.6 Å². The number of carbonyl (C=O) groups excluding carboxylic acids is 1. The van der Waals surface area contributed by atoms with Crippen LogP contribution in [-0.2, 0) is 11.2 Å². The summed E-state index contributed by atoms with van der Waals surface area (Å²) in [7, 11) is 1.88. The van der Waals surface area contributed by atoms with Crippen LogP contribution in [0.15, 0.2) is 24.3 Å². The Hall–Kier alpha value is -2.28. The van der Waals surface area contributed by atoms with Crippen molar-refractivity contribution in [3.05, 3.63) is 46.8 Å². The molecule has 0 radical (unpaired) electrons. The predicted octanol–water partition coefficient (Wildman–Crippen LogP) is 3.08. The third-order valence-corrected chi connectivity index (χ3v) is 6.31. The predicted molar refractivity (Wildman–Crippen MR) is 107 cm³/mol. The average molecular weight is 388 g/mol. The fraction of sp³-hybridized carbons (Fsp3) is 0.450. The highest BCUT2D eigenvalue weighted by atomic mass is 32.2. The van der Waals surface area contributed by atoms with Crippen molar-refractivity contribution in [3.8, 4) is 5.69 Å². The quantitative estimate of drug-likeness (QED) is 0.824. The minimum absolute atomic E-state index is 0.0459. The molecule has 1 amide bonds. The Kier molecular flexibility index (Phi) is 5.89. The summed E-state index contributed by atoms with van der Waals surface area (Å²) in [6.07, 6.45) is 1.61. The van der Waals surface area contributed by atoms with Crippen LogP contribution < -0.4 is 0 Å². The van der Waals surface area contributed by atoms with E-state index in [9.17, 15) is 9.59 Å². The summed E-state index contributed by atoms with van der Waals surface area (Å²) in [5.74, 6) is 1.35. The van der Waals surface area contributed by atoms with Gasteiger partial charge in [0.2, 0.25) is 0 Å². The van der Waals surface area contributed by atoms with Crippen LogP contribution in [0.25, 0.3) is 5.69 Å². The molecule has 2 heterocycles. The van der Waals surface area contributed by atoms with Crippen LogP contribution in [0.4, 0.5) is 0 Å². The average Bonchev–Trinajstić information content (AvgIpc) is 3.28. The topological polar surface area (TPSA) is 75.4 Å². The SMILES string of the molecule is Cc1nn(-c2ccc(C(=O)N(C)C3CCSC3)cc2)c(C)c1CCC(=O)O. The zero-order valence-corrected chi connectivity index (χ0v) is 16.8. The van der Waals surface area contributed by atoms with Gasteiger partial charge < -0.3 is 10.0 Å². The molecule has 1 aromatic carbocycles. The van der Waals surface area contributed by atoms with Gasteiger partial charge in [0, 0.05) is 36.5 Å². The minimum atomic E-state index is -0.811. The maximum absolute atomic E-state index is 12.7. The van der Waals surface area contributed by atoms with Crippen LogP contribution in [0.3, 0.4) is 0 Å². The Labute approximate surface area is 163 Å². The monoisotopic (exact) mass is 387 g/mol. The highest BCUT2D eigenvalue weighted by Gasteiger charge is 2.24. The Bertz CT molecular complexity index is 839. The van der Waals surface area contributed by atoms with E-state index in [0.29, 0.717) is 18.0 Å². The number of aromatic nitrogens is 2. The lowest BCUT2D eigenvalue weighted by molar-refractivity contribution is -0.136. The first-order valence-electron chi connectivity index (χ1n) is 9.10. The van der Waals surface area contributed by atoms with Gasteiger partial charge in [0.1, 0.15) is 0 Å². The molecule has 0 bridgehead atoms. The van der Waals surface area contributed by atoms with Gasteiger partial charge in [-0.15, -0.1) is 0 Å². The number of hydrogen-bond donors (Lipinski definition) is 1. The number of hydrogen-bond acceptors (Lipinski definition) is 4. The normalized spacial score (nSPS) is 16.5. The van der Waals surface area contributed by atoms with Gasteiger partial charge in [0.05, 0.1) is 11.4 Å². The lowest BCUT2D eigenvalue weighted by Gasteiger charge is -2.23. The molecule has 1 fully saturated rings. The summed E-state index contributed by atoms with van der Waals surface area (Å²) in [5.41, 5.74) is 4.29. The first kappa shape index (κ1) is 19.5. The number of carboxylic acids is 1. The van der Waals surface area contributed by atoms with Gasteiger partial charge in [-0.1, -0.05) is 0 Å². The minimum Gasteiger partial charge on any atom is -0.481 e. The van der Waals surface area contributed by atoms with E-state index < -0.39 is 5.97 Å². The van der Waals surface area contributed by atoms with Crippen LogP contribution in [0.1, 0.15) is 40.2 Å². The molecule has 144 valence electrons. The summed E-state index contributed by atoms with van der Waals surface area (Å²) in [6.45, 7) is 3.84. The fourth-order valence-corrected chi connectivity index (χ4v) is 4.73. The highest BCUT2D eigenvalue weighted by molar-refractivity contribution is 7.99. The molecule has 1 atom stereocenters. The summed E-state index contributed by atoms with van der Waals surface area (Å²) in [6, 6.07) is 7.78. The van der Waals surface area contributed by atoms with Crippen molar-refractivity contribution >= 4 is 23.6 Å². The molecule has 1 aromatic heterocycles. The van der Waals surface area contributed by atoms with Crippen molar-refractivity contribution in [1.82, 2.24) is 14.7 Å². The molecule has 6 nitrogen and oxygen atoms in total. The van der Waals surface area contributed by atoms with Crippen LogP contribution in [0, 0.1) is 13.8 Å². The van der Waals surface area contributed by atoms with E-state index in [2.05, 4.69) is 5.10 Å². The first-order chi connectivity index (χ1) is 12.9. The van der Waals surface area contributed by atoms with Crippen LogP contribution in [-0.4, -0.2) is 56.3 Å². The molecule has 1 N–H and O–H groups in total. The molecule has 1 aliphatic rings. The Balaban J connectivity index is 1.78. The number of aliphatic carboxylic acids is 1. The van der Waals surface area contributed by atoms with E-state index in [0.717, 1.165) is 40.6 Å². The number of amides is 1. The first-order valence-corrected chi connectivity index (χ1v) is 10.3. The van der Waals surface area contributed by atoms with Crippen molar-refractivity contribution in [2.24, 2.45) is 0 Å². The summed E-state index contributed by atoms with van der Waals surface area (Å²) >= 11 is 1.89. The lowest BCUT2D eigenvalue weighted by atomic mass is 10.1. The third-order valence-electron chi connectivity index (χ3n) is 5.16. The van der Waals surface area contributed by atoms with Crippen molar-refractivity contribution < 1.29 is 14.7 Å². The number of aryl methyl sites for hydroxylation is 1. The number of rotatable bonds is 6. The van der Waals surface area contributed by atoms with Gasteiger partial charge in [-0.05, 0) is 62.3 Å². The number of thioether (sulfide) groups is 1. The van der Waals surface area contributed by atoms with Gasteiger partial charge in [-0.25, -0.2) is 4.68 Å². The van der Waals surface area contributed by atoms with E-state index in [1.54, 1.807) is 0 Å². The van der Waals surface area contributed by atoms with E-state index in [1.165, 1.54) is 0 Å². The smallest absolute Gasteiger partial charge is 0.303 e. The van der Waals surface area contributed by atoms with Gasteiger partial charge in [0.25, 0.3) is 5.91 Å². The van der Waals surface area contributed by atoms with Crippen LogP contribution in [0.2, 0.25) is 0 Å². The largest absolute Gasteiger partial charge is 0.481 e. The van der Waals surface area contributed by atoms with Crippen molar-refractivity contribution in [3.63, 3.8) is 0 Å². The van der Waals surface area contributed by atoms with Gasteiger partial charge >= 0.3 is 5.97 Å². The lowest BCUT2D eigenvalue weighted by Crippen LogP contribution is -2.36. The number of nitrogens with zero attached hydrogens (tertiary/aromatic N) is 3. The maximum atomic E-state index is 12.7. The molecule has 27 heavy (non-hydrogen) atoms. The van der Waals surface area contributed by atoms with E-state index in [4.69, 9.17) is 5.11 Å².